The highest BCUT2D eigenvalue weighted by atomic mass is 16.4. The molecule has 9 N–H and O–H groups in total. The second-order valence-corrected chi connectivity index (χ2v) is 9.21. The highest BCUT2D eigenvalue weighted by molar-refractivity contribution is 5.94. The van der Waals surface area contributed by atoms with Crippen molar-refractivity contribution in [2.75, 3.05) is 0 Å². The molecule has 0 aromatic carbocycles. The molecule has 0 saturated carbocycles. The zero-order valence-corrected chi connectivity index (χ0v) is 20.5. The number of hydrogen-bond donors (Lipinski definition) is 7. The number of H-pyrrole nitrogens is 1. The zero-order chi connectivity index (χ0) is 26.7. The first-order valence-corrected chi connectivity index (χ1v) is 11.5. The third-order valence-corrected chi connectivity index (χ3v) is 5.21. The lowest BCUT2D eigenvalue weighted by Gasteiger charge is -2.26. The molecule has 0 aliphatic carbocycles. The van der Waals surface area contributed by atoms with Crippen LogP contribution in [0.2, 0.25) is 0 Å². The number of carboxylic acid groups (broad SMARTS) is 1. The van der Waals surface area contributed by atoms with Gasteiger partial charge in [0.2, 0.25) is 23.6 Å². The van der Waals surface area contributed by atoms with Crippen LogP contribution in [0, 0.1) is 11.8 Å². The second-order valence-electron chi connectivity index (χ2n) is 9.21. The van der Waals surface area contributed by atoms with Crippen LogP contribution in [0.1, 0.15) is 52.7 Å². The molecule has 1 aromatic rings. The fraction of sp³-hybridized carbons (Fsp3) is 0.636. The van der Waals surface area contributed by atoms with Crippen molar-refractivity contribution in [2.45, 2.75) is 77.5 Å². The number of nitrogens with zero attached hydrogens (tertiary/aromatic N) is 1. The fourth-order valence-electron chi connectivity index (χ4n) is 3.30. The summed E-state index contributed by atoms with van der Waals surface area (Å²) in [6, 6.07) is -4.39. The van der Waals surface area contributed by atoms with Crippen molar-refractivity contribution in [3.8, 4) is 0 Å². The van der Waals surface area contributed by atoms with E-state index in [1.807, 2.05) is 13.8 Å². The maximum atomic E-state index is 13.0. The molecule has 0 aliphatic rings. The highest BCUT2D eigenvalue weighted by Crippen LogP contribution is 2.09. The van der Waals surface area contributed by atoms with Crippen LogP contribution in [0.25, 0.3) is 0 Å². The van der Waals surface area contributed by atoms with E-state index in [0.29, 0.717) is 5.69 Å². The number of aliphatic carboxylic acids is 1. The van der Waals surface area contributed by atoms with Gasteiger partial charge in [-0.25, -0.2) is 9.78 Å². The van der Waals surface area contributed by atoms with E-state index in [-0.39, 0.29) is 37.5 Å². The average molecular weight is 496 g/mol. The Morgan fingerprint density at radius 3 is 2.09 bits per heavy atom. The summed E-state index contributed by atoms with van der Waals surface area (Å²) in [5.74, 6) is -4.28. The molecule has 4 amide bonds. The minimum Gasteiger partial charge on any atom is -0.480 e. The van der Waals surface area contributed by atoms with Crippen LogP contribution in [-0.4, -0.2) is 68.8 Å². The van der Waals surface area contributed by atoms with E-state index in [2.05, 4.69) is 25.9 Å². The van der Waals surface area contributed by atoms with Gasteiger partial charge in [-0.2, -0.15) is 0 Å². The number of carbonyl (C=O) groups is 5. The Labute approximate surface area is 204 Å². The lowest BCUT2D eigenvalue weighted by molar-refractivity contribution is -0.143. The zero-order valence-electron chi connectivity index (χ0n) is 20.5. The molecule has 0 bridgehead atoms. The largest absolute Gasteiger partial charge is 0.480 e. The van der Waals surface area contributed by atoms with Crippen molar-refractivity contribution in [1.82, 2.24) is 25.9 Å². The summed E-state index contributed by atoms with van der Waals surface area (Å²) in [7, 11) is 0. The van der Waals surface area contributed by atoms with Gasteiger partial charge in [0, 0.05) is 24.7 Å². The van der Waals surface area contributed by atoms with Crippen LogP contribution in [-0.2, 0) is 30.4 Å². The number of nitrogens with two attached hydrogens (primary N) is 2. The molecule has 0 saturated heterocycles. The number of imidazole rings is 1. The van der Waals surface area contributed by atoms with Crippen molar-refractivity contribution in [3.05, 3.63) is 18.2 Å². The Morgan fingerprint density at radius 1 is 1.00 bits per heavy atom. The SMILES string of the molecule is CC(C)CC(NC(=O)C(CCC(N)=O)NC(=O)C(N)Cc1cnc[nH]1)C(=O)NC(C(=O)O)C(C)C. The smallest absolute Gasteiger partial charge is 0.326 e. The van der Waals surface area contributed by atoms with Crippen LogP contribution >= 0.6 is 0 Å². The number of aromatic amines is 1. The molecule has 0 spiro atoms. The summed E-state index contributed by atoms with van der Waals surface area (Å²) in [4.78, 5) is 68.0. The van der Waals surface area contributed by atoms with Gasteiger partial charge in [0.25, 0.3) is 0 Å². The highest BCUT2D eigenvalue weighted by Gasteiger charge is 2.31. The summed E-state index contributed by atoms with van der Waals surface area (Å²) in [5.41, 5.74) is 11.8. The van der Waals surface area contributed by atoms with Gasteiger partial charge >= 0.3 is 5.97 Å². The predicted octanol–water partition coefficient (Wildman–Crippen LogP) is -1.21. The van der Waals surface area contributed by atoms with E-state index < -0.39 is 53.8 Å². The van der Waals surface area contributed by atoms with Gasteiger partial charge in [-0.05, 0) is 24.7 Å². The molecule has 4 atom stereocenters. The number of primary amides is 1. The van der Waals surface area contributed by atoms with Gasteiger partial charge in [-0.15, -0.1) is 0 Å². The van der Waals surface area contributed by atoms with Crippen LogP contribution in [0.3, 0.4) is 0 Å². The van der Waals surface area contributed by atoms with Crippen molar-refractivity contribution in [3.63, 3.8) is 0 Å². The third kappa shape index (κ3) is 10.5. The van der Waals surface area contributed by atoms with Crippen molar-refractivity contribution in [2.24, 2.45) is 23.3 Å². The molecule has 4 unspecified atom stereocenters. The molecule has 1 aromatic heterocycles. The first kappa shape index (κ1) is 29.6. The number of nitrogens with one attached hydrogen (secondary N) is 4. The monoisotopic (exact) mass is 495 g/mol. The number of carbonyl (C=O) groups excluding carboxylic acids is 4. The molecule has 0 radical (unpaired) electrons. The first-order chi connectivity index (χ1) is 16.3. The summed E-state index contributed by atoms with van der Waals surface area (Å²) in [6.45, 7) is 6.97. The number of hydrogen-bond acceptors (Lipinski definition) is 7. The van der Waals surface area contributed by atoms with Crippen molar-refractivity contribution < 1.29 is 29.1 Å². The van der Waals surface area contributed by atoms with Crippen LogP contribution in [0.5, 0.6) is 0 Å². The molecule has 1 rings (SSSR count). The lowest BCUT2D eigenvalue weighted by atomic mass is 9.99. The molecular formula is C22H37N7O6. The summed E-state index contributed by atoms with van der Waals surface area (Å²) >= 11 is 0. The molecule has 196 valence electrons. The molecule has 13 heteroatoms. The Morgan fingerprint density at radius 2 is 1.60 bits per heavy atom. The van der Waals surface area contributed by atoms with Gasteiger partial charge in [-0.1, -0.05) is 27.7 Å². The molecular weight excluding hydrogens is 458 g/mol. The van der Waals surface area contributed by atoms with E-state index >= 15 is 0 Å². The van der Waals surface area contributed by atoms with Crippen LogP contribution < -0.4 is 27.4 Å². The van der Waals surface area contributed by atoms with E-state index in [1.54, 1.807) is 13.8 Å². The Hall–Kier alpha value is -3.48. The number of amides is 4. The molecule has 1 heterocycles. The number of rotatable bonds is 15. The Kier molecular flexibility index (Phi) is 11.9. The molecule has 13 nitrogen and oxygen atoms in total. The van der Waals surface area contributed by atoms with E-state index in [9.17, 15) is 29.1 Å². The van der Waals surface area contributed by atoms with Gasteiger partial charge in [0.05, 0.1) is 12.4 Å². The van der Waals surface area contributed by atoms with Gasteiger partial charge in [0.15, 0.2) is 0 Å². The van der Waals surface area contributed by atoms with E-state index in [4.69, 9.17) is 11.5 Å². The normalized spacial score (nSPS) is 14.6. The van der Waals surface area contributed by atoms with Crippen LogP contribution in [0.15, 0.2) is 12.5 Å². The first-order valence-electron chi connectivity index (χ1n) is 11.5. The lowest BCUT2D eigenvalue weighted by Crippen LogP contribution is -2.58. The molecule has 0 fully saturated rings. The maximum absolute atomic E-state index is 13.0. The molecule has 0 aliphatic heterocycles. The molecule has 35 heavy (non-hydrogen) atoms. The minimum absolute atomic E-state index is 0.0186. The summed E-state index contributed by atoms with van der Waals surface area (Å²) < 4.78 is 0. The second kappa shape index (κ2) is 14.0. The van der Waals surface area contributed by atoms with E-state index in [1.165, 1.54) is 12.5 Å². The number of carboxylic acids is 1. The standard InChI is InChI=1S/C22H37N7O6/c1-11(2)7-16(21(33)29-18(12(3)4)22(34)35)28-20(32)15(5-6-17(24)30)27-19(31)14(23)8-13-9-25-10-26-13/h9-12,14-16,18H,5-8,23H2,1-4H3,(H2,24,30)(H,25,26)(H,27,31)(H,28,32)(H,29,33)(H,34,35). The van der Waals surface area contributed by atoms with Crippen molar-refractivity contribution in [1.29, 1.82) is 0 Å². The van der Waals surface area contributed by atoms with Gasteiger partial charge in [0.1, 0.15) is 18.1 Å². The predicted molar refractivity (Wildman–Crippen MR) is 126 cm³/mol. The summed E-state index contributed by atoms with van der Waals surface area (Å²) in [6.07, 6.45) is 3.02. The third-order valence-electron chi connectivity index (χ3n) is 5.21. The van der Waals surface area contributed by atoms with Gasteiger partial charge < -0.3 is 37.5 Å². The van der Waals surface area contributed by atoms with Crippen molar-refractivity contribution >= 4 is 29.6 Å². The number of aromatic nitrogens is 2. The minimum atomic E-state index is -1.19. The van der Waals surface area contributed by atoms with E-state index in [0.717, 1.165) is 0 Å². The Bertz CT molecular complexity index is 872. The summed E-state index contributed by atoms with van der Waals surface area (Å²) in [5, 5.41) is 16.9. The van der Waals surface area contributed by atoms with Gasteiger partial charge in [-0.3, -0.25) is 19.2 Å². The average Bonchev–Trinajstić information content (AvgIpc) is 3.25. The quantitative estimate of drug-likeness (QED) is 0.156. The maximum Gasteiger partial charge on any atom is 0.326 e. The van der Waals surface area contributed by atoms with Crippen LogP contribution in [0.4, 0.5) is 0 Å². The topological polar surface area (TPSA) is 222 Å². The Balaban J connectivity index is 2.98. The fourth-order valence-corrected chi connectivity index (χ4v) is 3.30.